The van der Waals surface area contributed by atoms with Crippen LogP contribution < -0.4 is 5.32 Å². The predicted molar refractivity (Wildman–Crippen MR) is 79.7 cm³/mol. The number of anilines is 1. The molecule has 1 atom stereocenters. The van der Waals surface area contributed by atoms with Crippen molar-refractivity contribution in [1.82, 2.24) is 0 Å². The first-order valence-corrected chi connectivity index (χ1v) is 7.20. The zero-order chi connectivity index (χ0) is 14.9. The largest absolute Gasteiger partial charge is 0.478 e. The molecule has 0 aliphatic carbocycles. The average molecular weight is 334 g/mol. The van der Waals surface area contributed by atoms with Crippen LogP contribution in [0.25, 0.3) is 0 Å². The molecule has 0 saturated heterocycles. The third-order valence-electron chi connectivity index (χ3n) is 2.73. The highest BCUT2D eigenvalue weighted by molar-refractivity contribution is 7.20. The minimum Gasteiger partial charge on any atom is -0.478 e. The molecule has 2 N–H and O–H groups in total. The van der Waals surface area contributed by atoms with E-state index in [1.165, 1.54) is 23.5 Å². The van der Waals surface area contributed by atoms with E-state index in [4.69, 9.17) is 28.3 Å². The monoisotopic (exact) mass is 333 g/mol. The minimum absolute atomic E-state index is 0.00977. The van der Waals surface area contributed by atoms with Crippen molar-refractivity contribution in [2.75, 3.05) is 5.32 Å². The van der Waals surface area contributed by atoms with Crippen molar-refractivity contribution in [2.45, 2.75) is 13.0 Å². The molecule has 2 aromatic rings. The molecule has 0 radical (unpaired) electrons. The molecule has 1 heterocycles. The summed E-state index contributed by atoms with van der Waals surface area (Å²) in [6.45, 7) is 1.79. The summed E-state index contributed by atoms with van der Waals surface area (Å²) in [5.74, 6) is -1.64. The van der Waals surface area contributed by atoms with Crippen LogP contribution in [0.4, 0.5) is 10.1 Å². The summed E-state index contributed by atoms with van der Waals surface area (Å²) in [7, 11) is 0. The SMILES string of the molecule is CC(Nc1cc(C(=O)O)ccc1F)c1cc(Cl)sc1Cl. The molecule has 0 aliphatic heterocycles. The van der Waals surface area contributed by atoms with Crippen LogP contribution in [0.3, 0.4) is 0 Å². The molecule has 0 saturated carbocycles. The van der Waals surface area contributed by atoms with Crippen LogP contribution in [0.2, 0.25) is 8.67 Å². The van der Waals surface area contributed by atoms with Gasteiger partial charge in [0.1, 0.15) is 5.82 Å². The van der Waals surface area contributed by atoms with Gasteiger partial charge < -0.3 is 10.4 Å². The highest BCUT2D eigenvalue weighted by atomic mass is 35.5. The Morgan fingerprint density at radius 3 is 2.65 bits per heavy atom. The molecule has 1 unspecified atom stereocenters. The smallest absolute Gasteiger partial charge is 0.335 e. The molecular formula is C13H10Cl2FNO2S. The molecule has 2 rings (SSSR count). The third-order valence-corrected chi connectivity index (χ3v) is 4.25. The lowest BCUT2D eigenvalue weighted by atomic mass is 10.1. The van der Waals surface area contributed by atoms with E-state index in [0.717, 1.165) is 11.6 Å². The highest BCUT2D eigenvalue weighted by Crippen LogP contribution is 2.36. The van der Waals surface area contributed by atoms with Gasteiger partial charge in [0.05, 0.1) is 26.0 Å². The Balaban J connectivity index is 2.27. The van der Waals surface area contributed by atoms with Crippen molar-refractivity contribution >= 4 is 46.2 Å². The molecule has 1 aromatic carbocycles. The molecule has 0 bridgehead atoms. The number of carboxylic acid groups (broad SMARTS) is 1. The molecule has 0 fully saturated rings. The molecule has 7 heteroatoms. The van der Waals surface area contributed by atoms with Crippen LogP contribution in [-0.4, -0.2) is 11.1 Å². The Bertz CT molecular complexity index is 660. The fraction of sp³-hybridized carbons (Fsp3) is 0.154. The van der Waals surface area contributed by atoms with E-state index in [9.17, 15) is 9.18 Å². The van der Waals surface area contributed by atoms with Gasteiger partial charge in [-0.2, -0.15) is 0 Å². The maximum absolute atomic E-state index is 13.7. The molecule has 106 valence electrons. The summed E-state index contributed by atoms with van der Waals surface area (Å²) < 4.78 is 14.8. The topological polar surface area (TPSA) is 49.3 Å². The summed E-state index contributed by atoms with van der Waals surface area (Å²) >= 11 is 13.1. The number of halogens is 3. The Kier molecular flexibility index (Phi) is 4.52. The molecule has 0 spiro atoms. The Hall–Kier alpha value is -1.30. The number of hydrogen-bond acceptors (Lipinski definition) is 3. The quantitative estimate of drug-likeness (QED) is 0.821. The molecule has 1 aromatic heterocycles. The molecule has 0 amide bonds. The highest BCUT2D eigenvalue weighted by Gasteiger charge is 2.16. The van der Waals surface area contributed by atoms with Gasteiger partial charge in [-0.3, -0.25) is 0 Å². The van der Waals surface area contributed by atoms with Gasteiger partial charge in [0.15, 0.2) is 0 Å². The van der Waals surface area contributed by atoms with Gasteiger partial charge in [-0.25, -0.2) is 9.18 Å². The van der Waals surface area contributed by atoms with E-state index >= 15 is 0 Å². The number of carboxylic acids is 1. The Labute approximate surface area is 129 Å². The number of thiophene rings is 1. The van der Waals surface area contributed by atoms with Crippen LogP contribution in [0, 0.1) is 5.82 Å². The van der Waals surface area contributed by atoms with Gasteiger partial charge >= 0.3 is 5.97 Å². The number of aromatic carboxylic acids is 1. The van der Waals surface area contributed by atoms with Gasteiger partial charge in [0, 0.05) is 5.56 Å². The summed E-state index contributed by atoms with van der Waals surface area (Å²) in [5, 5.41) is 11.8. The summed E-state index contributed by atoms with van der Waals surface area (Å²) in [6.07, 6.45) is 0. The first-order valence-electron chi connectivity index (χ1n) is 5.62. The fourth-order valence-electron chi connectivity index (χ4n) is 1.73. The first-order chi connectivity index (χ1) is 9.38. The Morgan fingerprint density at radius 2 is 2.10 bits per heavy atom. The second-order valence-electron chi connectivity index (χ2n) is 4.15. The molecule has 0 aliphatic rings. The van der Waals surface area contributed by atoms with Crippen LogP contribution in [0.15, 0.2) is 24.3 Å². The van der Waals surface area contributed by atoms with Crippen LogP contribution in [0.1, 0.15) is 28.9 Å². The van der Waals surface area contributed by atoms with E-state index in [-0.39, 0.29) is 17.3 Å². The van der Waals surface area contributed by atoms with Crippen molar-refractivity contribution in [3.63, 3.8) is 0 Å². The van der Waals surface area contributed by atoms with Gasteiger partial charge in [-0.05, 0) is 31.2 Å². The molecular weight excluding hydrogens is 324 g/mol. The lowest BCUT2D eigenvalue weighted by molar-refractivity contribution is 0.0697. The normalized spacial score (nSPS) is 12.2. The van der Waals surface area contributed by atoms with E-state index in [1.807, 2.05) is 0 Å². The zero-order valence-corrected chi connectivity index (χ0v) is 12.6. The standard InChI is InChI=1S/C13H10Cl2FNO2S/c1-6(8-5-11(14)20-12(8)15)17-10-4-7(13(18)19)2-3-9(10)16/h2-6,17H,1H3,(H,18,19). The number of carbonyl (C=O) groups is 1. The summed E-state index contributed by atoms with van der Waals surface area (Å²) in [5.41, 5.74) is 0.855. The van der Waals surface area contributed by atoms with Gasteiger partial charge in [-0.1, -0.05) is 23.2 Å². The van der Waals surface area contributed by atoms with Gasteiger partial charge in [0.2, 0.25) is 0 Å². The lowest BCUT2D eigenvalue weighted by Crippen LogP contribution is -2.09. The van der Waals surface area contributed by atoms with E-state index < -0.39 is 11.8 Å². The number of hydrogen-bond donors (Lipinski definition) is 2. The van der Waals surface area contributed by atoms with E-state index in [2.05, 4.69) is 5.32 Å². The van der Waals surface area contributed by atoms with E-state index in [1.54, 1.807) is 13.0 Å². The number of nitrogens with one attached hydrogen (secondary N) is 1. The van der Waals surface area contributed by atoms with Crippen molar-refractivity contribution < 1.29 is 14.3 Å². The fourth-order valence-corrected chi connectivity index (χ4v) is 3.37. The van der Waals surface area contributed by atoms with Crippen LogP contribution in [0.5, 0.6) is 0 Å². The van der Waals surface area contributed by atoms with Crippen molar-refractivity contribution in [3.05, 3.63) is 49.9 Å². The maximum Gasteiger partial charge on any atom is 0.335 e. The Morgan fingerprint density at radius 1 is 1.40 bits per heavy atom. The average Bonchev–Trinajstić information content (AvgIpc) is 2.71. The second kappa shape index (κ2) is 5.99. The van der Waals surface area contributed by atoms with Crippen molar-refractivity contribution in [1.29, 1.82) is 0 Å². The van der Waals surface area contributed by atoms with Crippen molar-refractivity contribution in [2.24, 2.45) is 0 Å². The lowest BCUT2D eigenvalue weighted by Gasteiger charge is -2.15. The number of benzene rings is 1. The summed E-state index contributed by atoms with van der Waals surface area (Å²) in [4.78, 5) is 10.9. The van der Waals surface area contributed by atoms with E-state index in [0.29, 0.717) is 8.67 Å². The predicted octanol–water partition coefficient (Wildman–Crippen LogP) is 5.07. The van der Waals surface area contributed by atoms with Crippen LogP contribution >= 0.6 is 34.5 Å². The first kappa shape index (κ1) is 15.1. The zero-order valence-electron chi connectivity index (χ0n) is 10.3. The summed E-state index contributed by atoms with van der Waals surface area (Å²) in [6, 6.07) is 4.97. The molecule has 3 nitrogen and oxygen atoms in total. The van der Waals surface area contributed by atoms with Crippen LogP contribution in [-0.2, 0) is 0 Å². The van der Waals surface area contributed by atoms with Gasteiger partial charge in [-0.15, -0.1) is 11.3 Å². The van der Waals surface area contributed by atoms with Gasteiger partial charge in [0.25, 0.3) is 0 Å². The maximum atomic E-state index is 13.7. The van der Waals surface area contributed by atoms with Crippen molar-refractivity contribution in [3.8, 4) is 0 Å². The third kappa shape index (κ3) is 3.23. The number of rotatable bonds is 4. The second-order valence-corrected chi connectivity index (χ2v) is 6.43. The minimum atomic E-state index is -1.11. The molecule has 20 heavy (non-hydrogen) atoms.